The molecule has 0 aliphatic heterocycles. The van der Waals surface area contributed by atoms with Crippen LogP contribution < -0.4 is 22.1 Å². The van der Waals surface area contributed by atoms with Gasteiger partial charge in [-0.3, -0.25) is 19.2 Å². The van der Waals surface area contributed by atoms with Gasteiger partial charge in [0.1, 0.15) is 6.04 Å². The van der Waals surface area contributed by atoms with Gasteiger partial charge in [0.2, 0.25) is 17.6 Å². The fourth-order valence-corrected chi connectivity index (χ4v) is 3.28. The first kappa shape index (κ1) is 22.1. The molecule has 1 saturated carbocycles. The quantitative estimate of drug-likeness (QED) is 0.320. The molecule has 8 nitrogen and oxygen atoms in total. The first-order chi connectivity index (χ1) is 12.3. The highest BCUT2D eigenvalue weighted by atomic mass is 16.2. The van der Waals surface area contributed by atoms with E-state index in [0.29, 0.717) is 25.2 Å². The molecule has 0 bridgehead atoms. The number of Topliss-reactive ketones (excluding diaryl/α,β-unsaturated/α-hetero) is 1. The Morgan fingerprint density at radius 3 is 2.23 bits per heavy atom. The van der Waals surface area contributed by atoms with Crippen LogP contribution in [0, 0.1) is 5.92 Å². The van der Waals surface area contributed by atoms with Crippen molar-refractivity contribution in [1.82, 2.24) is 10.6 Å². The Balaban J connectivity index is 2.45. The van der Waals surface area contributed by atoms with Gasteiger partial charge in [-0.2, -0.15) is 0 Å². The third-order valence-electron chi connectivity index (χ3n) is 4.79. The number of amides is 3. The fourth-order valence-electron chi connectivity index (χ4n) is 3.28. The standard InChI is InChI=1S/C18H32N4O4/c1-2-7-13(19)16(24)18(26)21-11-15(23)22-14(17(20)25)10-12-8-5-3-4-6-9-12/h12-14H,2-11,19H2,1H3,(H2,20,25)(H,21,26)(H,22,23). The summed E-state index contributed by atoms with van der Waals surface area (Å²) in [6, 6.07) is -1.63. The summed E-state index contributed by atoms with van der Waals surface area (Å²) in [6.07, 6.45) is 8.30. The van der Waals surface area contributed by atoms with Gasteiger partial charge >= 0.3 is 0 Å². The van der Waals surface area contributed by atoms with E-state index in [1.165, 1.54) is 12.8 Å². The highest BCUT2D eigenvalue weighted by molar-refractivity contribution is 6.38. The number of hydrogen-bond acceptors (Lipinski definition) is 5. The van der Waals surface area contributed by atoms with Crippen LogP contribution in [-0.4, -0.2) is 42.1 Å². The Morgan fingerprint density at radius 2 is 1.69 bits per heavy atom. The van der Waals surface area contributed by atoms with E-state index in [1.807, 2.05) is 6.92 Å². The van der Waals surface area contributed by atoms with E-state index < -0.39 is 42.1 Å². The number of nitrogens with two attached hydrogens (primary N) is 2. The molecule has 1 fully saturated rings. The Morgan fingerprint density at radius 1 is 1.08 bits per heavy atom. The lowest BCUT2D eigenvalue weighted by Gasteiger charge is -2.21. The van der Waals surface area contributed by atoms with Crippen LogP contribution >= 0.6 is 0 Å². The van der Waals surface area contributed by atoms with Gasteiger partial charge < -0.3 is 22.1 Å². The van der Waals surface area contributed by atoms with Crippen molar-refractivity contribution in [2.75, 3.05) is 6.54 Å². The maximum absolute atomic E-state index is 12.0. The van der Waals surface area contributed by atoms with Crippen molar-refractivity contribution < 1.29 is 19.2 Å². The van der Waals surface area contributed by atoms with Crippen LogP contribution in [0.15, 0.2) is 0 Å². The summed E-state index contributed by atoms with van der Waals surface area (Å²) < 4.78 is 0. The smallest absolute Gasteiger partial charge is 0.289 e. The molecule has 0 aromatic heterocycles. The van der Waals surface area contributed by atoms with Gasteiger partial charge in [0, 0.05) is 0 Å². The minimum atomic E-state index is -0.888. The van der Waals surface area contributed by atoms with Crippen molar-refractivity contribution in [1.29, 1.82) is 0 Å². The summed E-state index contributed by atoms with van der Waals surface area (Å²) in [5, 5.41) is 4.81. The normalized spacial score (nSPS) is 17.6. The number of carbonyl (C=O) groups is 4. The van der Waals surface area contributed by atoms with E-state index in [2.05, 4.69) is 10.6 Å². The zero-order valence-corrected chi connectivity index (χ0v) is 15.6. The van der Waals surface area contributed by atoms with E-state index in [4.69, 9.17) is 11.5 Å². The number of primary amides is 1. The highest BCUT2D eigenvalue weighted by Gasteiger charge is 2.25. The summed E-state index contributed by atoms with van der Waals surface area (Å²) in [7, 11) is 0. The van der Waals surface area contributed by atoms with Gasteiger partial charge in [0.25, 0.3) is 5.91 Å². The van der Waals surface area contributed by atoms with E-state index in [0.717, 1.165) is 25.7 Å². The zero-order valence-electron chi connectivity index (χ0n) is 15.6. The van der Waals surface area contributed by atoms with E-state index in [9.17, 15) is 19.2 Å². The predicted molar refractivity (Wildman–Crippen MR) is 97.8 cm³/mol. The van der Waals surface area contributed by atoms with Crippen molar-refractivity contribution >= 4 is 23.5 Å². The molecule has 2 atom stereocenters. The molecule has 1 rings (SSSR count). The molecule has 1 aliphatic rings. The first-order valence-corrected chi connectivity index (χ1v) is 9.51. The maximum atomic E-state index is 12.0. The summed E-state index contributed by atoms with van der Waals surface area (Å²) in [4.78, 5) is 47.1. The maximum Gasteiger partial charge on any atom is 0.289 e. The first-order valence-electron chi connectivity index (χ1n) is 9.51. The molecule has 6 N–H and O–H groups in total. The molecule has 8 heteroatoms. The van der Waals surface area contributed by atoms with Gasteiger partial charge in [0.15, 0.2) is 0 Å². The molecule has 0 spiro atoms. The van der Waals surface area contributed by atoms with Crippen molar-refractivity contribution in [2.45, 2.75) is 76.8 Å². The van der Waals surface area contributed by atoms with Gasteiger partial charge in [-0.15, -0.1) is 0 Å². The van der Waals surface area contributed by atoms with Crippen LogP contribution in [0.2, 0.25) is 0 Å². The minimum Gasteiger partial charge on any atom is -0.368 e. The lowest BCUT2D eigenvalue weighted by molar-refractivity contribution is -0.139. The Hall–Kier alpha value is -1.96. The molecule has 26 heavy (non-hydrogen) atoms. The van der Waals surface area contributed by atoms with Crippen LogP contribution in [-0.2, 0) is 19.2 Å². The van der Waals surface area contributed by atoms with Crippen molar-refractivity contribution in [3.05, 3.63) is 0 Å². The monoisotopic (exact) mass is 368 g/mol. The second-order valence-corrected chi connectivity index (χ2v) is 7.06. The lowest BCUT2D eigenvalue weighted by Crippen LogP contribution is -2.50. The molecule has 2 unspecified atom stereocenters. The molecule has 0 aromatic carbocycles. The second kappa shape index (κ2) is 11.6. The molecular weight excluding hydrogens is 336 g/mol. The van der Waals surface area contributed by atoms with Crippen LogP contribution in [0.1, 0.15) is 64.7 Å². The van der Waals surface area contributed by atoms with Crippen LogP contribution in [0.4, 0.5) is 0 Å². The number of nitrogens with one attached hydrogen (secondary N) is 2. The van der Waals surface area contributed by atoms with Crippen LogP contribution in [0.5, 0.6) is 0 Å². The third-order valence-corrected chi connectivity index (χ3v) is 4.79. The lowest BCUT2D eigenvalue weighted by atomic mass is 9.92. The molecule has 0 saturated heterocycles. The molecule has 3 amide bonds. The number of hydrogen-bond donors (Lipinski definition) is 4. The van der Waals surface area contributed by atoms with Gasteiger partial charge in [0.05, 0.1) is 12.6 Å². The van der Waals surface area contributed by atoms with Crippen LogP contribution in [0.25, 0.3) is 0 Å². The van der Waals surface area contributed by atoms with E-state index >= 15 is 0 Å². The summed E-state index contributed by atoms with van der Waals surface area (Å²) in [5.74, 6) is -2.41. The fraction of sp³-hybridized carbons (Fsp3) is 0.778. The van der Waals surface area contributed by atoms with Gasteiger partial charge in [-0.25, -0.2) is 0 Å². The summed E-state index contributed by atoms with van der Waals surface area (Å²) >= 11 is 0. The Kier molecular flexibility index (Phi) is 9.87. The minimum absolute atomic E-state index is 0.360. The van der Waals surface area contributed by atoms with Gasteiger partial charge in [-0.1, -0.05) is 51.9 Å². The van der Waals surface area contributed by atoms with E-state index in [1.54, 1.807) is 0 Å². The molecule has 0 radical (unpaired) electrons. The highest BCUT2D eigenvalue weighted by Crippen LogP contribution is 2.26. The third kappa shape index (κ3) is 7.95. The Bertz CT molecular complexity index is 501. The van der Waals surface area contributed by atoms with E-state index in [-0.39, 0.29) is 0 Å². The SMILES string of the molecule is CCCC(N)C(=O)C(=O)NCC(=O)NC(CC1CCCCCC1)C(N)=O. The number of ketones is 1. The van der Waals surface area contributed by atoms with Gasteiger partial charge in [-0.05, 0) is 18.8 Å². The van der Waals surface area contributed by atoms with Crippen LogP contribution in [0.3, 0.4) is 0 Å². The van der Waals surface area contributed by atoms with Crippen molar-refractivity contribution in [3.8, 4) is 0 Å². The molecule has 0 heterocycles. The molecular formula is C18H32N4O4. The largest absolute Gasteiger partial charge is 0.368 e. The molecule has 148 valence electrons. The zero-order chi connectivity index (χ0) is 19.5. The Labute approximate surface area is 154 Å². The van der Waals surface area contributed by atoms with Crippen molar-refractivity contribution in [3.63, 3.8) is 0 Å². The average Bonchev–Trinajstić information content (AvgIpc) is 2.87. The summed E-state index contributed by atoms with van der Waals surface area (Å²) in [5.41, 5.74) is 11.0. The predicted octanol–water partition coefficient (Wildman–Crippen LogP) is 0.130. The second-order valence-electron chi connectivity index (χ2n) is 7.06. The molecule has 0 aromatic rings. The number of rotatable bonds is 10. The summed E-state index contributed by atoms with van der Waals surface area (Å²) in [6.45, 7) is 1.47. The topological polar surface area (TPSA) is 144 Å². The average molecular weight is 368 g/mol. The molecule has 1 aliphatic carbocycles. The van der Waals surface area contributed by atoms with Crippen molar-refractivity contribution in [2.24, 2.45) is 17.4 Å². The number of carbonyl (C=O) groups excluding carboxylic acids is 4.